The van der Waals surface area contributed by atoms with Gasteiger partial charge in [-0.3, -0.25) is 4.79 Å². The second-order valence-electron chi connectivity index (χ2n) is 5.53. The molecule has 0 atom stereocenters. The van der Waals surface area contributed by atoms with Crippen molar-refractivity contribution in [3.63, 3.8) is 0 Å². The largest absolute Gasteiger partial charge is 0.494 e. The molecule has 0 aliphatic rings. The molecular weight excluding hydrogens is 354 g/mol. The van der Waals surface area contributed by atoms with Crippen LogP contribution < -0.4 is 15.8 Å². The summed E-state index contributed by atoms with van der Waals surface area (Å²) < 4.78 is 31.5. The number of amides is 1. The Morgan fingerprint density at radius 1 is 1.12 bits per heavy atom. The molecule has 1 amide bonds. The lowest BCUT2D eigenvalue weighted by molar-refractivity contribution is 0.102. The van der Waals surface area contributed by atoms with Crippen LogP contribution in [0.1, 0.15) is 24.2 Å². The van der Waals surface area contributed by atoms with E-state index in [1.807, 2.05) is 0 Å². The first-order chi connectivity index (χ1) is 12.3. The molecule has 0 unspecified atom stereocenters. The smallest absolute Gasteiger partial charge is 0.255 e. The second kappa shape index (κ2) is 8.20. The molecule has 0 fully saturated rings. The Balaban J connectivity index is 2.22. The summed E-state index contributed by atoms with van der Waals surface area (Å²) in [6, 6.07) is 10.7. The van der Waals surface area contributed by atoms with Crippen molar-refractivity contribution in [1.29, 1.82) is 0 Å². The van der Waals surface area contributed by atoms with Gasteiger partial charge in [0.2, 0.25) is 10.0 Å². The molecule has 2 rings (SSSR count). The Kier molecular flexibility index (Phi) is 6.23. The van der Waals surface area contributed by atoms with Crippen molar-refractivity contribution >= 4 is 27.3 Å². The zero-order valence-corrected chi connectivity index (χ0v) is 15.8. The number of sulfonamides is 1. The number of benzene rings is 2. The molecule has 2 aromatic rings. The summed E-state index contributed by atoms with van der Waals surface area (Å²) >= 11 is 0. The molecule has 0 aliphatic carbocycles. The third kappa shape index (κ3) is 4.14. The molecule has 0 heterocycles. The highest BCUT2D eigenvalue weighted by Gasteiger charge is 2.21. The lowest BCUT2D eigenvalue weighted by atomic mass is 10.2. The maximum atomic E-state index is 12.5. The standard InChI is InChI=1S/C18H23N3O4S/c1-4-21(5-2)26(23,24)15-9-6-13(7-10-15)18(22)20-16-11-8-14(19)12-17(16)25-3/h6-12H,4-5,19H2,1-3H3,(H,20,22). The molecule has 3 N–H and O–H groups in total. The molecule has 0 aliphatic heterocycles. The molecule has 26 heavy (non-hydrogen) atoms. The number of rotatable bonds is 7. The van der Waals surface area contributed by atoms with Gasteiger partial charge in [-0.2, -0.15) is 4.31 Å². The van der Waals surface area contributed by atoms with E-state index in [0.29, 0.717) is 35.8 Å². The number of carbonyl (C=O) groups is 1. The van der Waals surface area contributed by atoms with E-state index in [-0.39, 0.29) is 10.8 Å². The van der Waals surface area contributed by atoms with Gasteiger partial charge in [0, 0.05) is 30.4 Å². The number of nitrogens with zero attached hydrogens (tertiary/aromatic N) is 1. The van der Waals surface area contributed by atoms with Crippen molar-refractivity contribution in [2.45, 2.75) is 18.7 Å². The van der Waals surface area contributed by atoms with Gasteiger partial charge in [0.1, 0.15) is 5.75 Å². The summed E-state index contributed by atoms with van der Waals surface area (Å²) in [5, 5.41) is 2.73. The highest BCUT2D eigenvalue weighted by Crippen LogP contribution is 2.27. The number of nitrogens with one attached hydrogen (secondary N) is 1. The minimum atomic E-state index is -3.55. The van der Waals surface area contributed by atoms with E-state index in [1.54, 1.807) is 32.0 Å². The fourth-order valence-corrected chi connectivity index (χ4v) is 3.95. The van der Waals surface area contributed by atoms with Crippen molar-refractivity contribution in [3.8, 4) is 5.75 Å². The van der Waals surface area contributed by atoms with E-state index in [0.717, 1.165) is 0 Å². The molecule has 2 aromatic carbocycles. The van der Waals surface area contributed by atoms with Crippen LogP contribution in [0.15, 0.2) is 47.4 Å². The maximum absolute atomic E-state index is 12.5. The van der Waals surface area contributed by atoms with Crippen LogP contribution >= 0.6 is 0 Å². The topological polar surface area (TPSA) is 102 Å². The number of anilines is 2. The molecule has 0 spiro atoms. The van der Waals surface area contributed by atoms with E-state index in [1.165, 1.54) is 35.7 Å². The molecule has 0 bridgehead atoms. The van der Waals surface area contributed by atoms with Gasteiger partial charge in [0.05, 0.1) is 17.7 Å². The van der Waals surface area contributed by atoms with Gasteiger partial charge in [-0.15, -0.1) is 0 Å². The number of nitrogens with two attached hydrogens (primary N) is 1. The Labute approximate surface area is 153 Å². The number of ether oxygens (including phenoxy) is 1. The van der Waals surface area contributed by atoms with Gasteiger partial charge in [-0.1, -0.05) is 13.8 Å². The van der Waals surface area contributed by atoms with Crippen molar-refractivity contribution in [3.05, 3.63) is 48.0 Å². The Hall–Kier alpha value is -2.58. The summed E-state index contributed by atoms with van der Waals surface area (Å²) in [6.45, 7) is 4.34. The van der Waals surface area contributed by atoms with Crippen LogP contribution in [-0.2, 0) is 10.0 Å². The van der Waals surface area contributed by atoms with E-state index < -0.39 is 10.0 Å². The lowest BCUT2D eigenvalue weighted by Crippen LogP contribution is -2.30. The number of methoxy groups -OCH3 is 1. The first-order valence-corrected chi connectivity index (χ1v) is 9.62. The van der Waals surface area contributed by atoms with Crippen molar-refractivity contribution in [1.82, 2.24) is 4.31 Å². The fraction of sp³-hybridized carbons (Fsp3) is 0.278. The summed E-state index contributed by atoms with van der Waals surface area (Å²) in [7, 11) is -2.07. The number of nitrogen functional groups attached to an aromatic ring is 1. The quantitative estimate of drug-likeness (QED) is 0.722. The van der Waals surface area contributed by atoms with E-state index >= 15 is 0 Å². The van der Waals surface area contributed by atoms with E-state index in [2.05, 4.69) is 5.32 Å². The first kappa shape index (κ1) is 19.7. The molecule has 0 radical (unpaired) electrons. The second-order valence-corrected chi connectivity index (χ2v) is 7.47. The minimum absolute atomic E-state index is 0.155. The number of carbonyl (C=O) groups excluding carboxylic acids is 1. The highest BCUT2D eigenvalue weighted by molar-refractivity contribution is 7.89. The zero-order valence-electron chi connectivity index (χ0n) is 15.0. The van der Waals surface area contributed by atoms with Gasteiger partial charge < -0.3 is 15.8 Å². The van der Waals surface area contributed by atoms with E-state index in [4.69, 9.17) is 10.5 Å². The van der Waals surface area contributed by atoms with Crippen molar-refractivity contribution in [2.24, 2.45) is 0 Å². The van der Waals surface area contributed by atoms with Crippen LogP contribution in [0.3, 0.4) is 0 Å². The zero-order chi connectivity index (χ0) is 19.3. The van der Waals surface area contributed by atoms with Crippen LogP contribution in [0.5, 0.6) is 5.75 Å². The minimum Gasteiger partial charge on any atom is -0.494 e. The van der Waals surface area contributed by atoms with Gasteiger partial charge >= 0.3 is 0 Å². The summed E-state index contributed by atoms with van der Waals surface area (Å²) in [5.41, 5.74) is 7.03. The molecule has 0 saturated carbocycles. The highest BCUT2D eigenvalue weighted by atomic mass is 32.2. The lowest BCUT2D eigenvalue weighted by Gasteiger charge is -2.18. The Morgan fingerprint density at radius 3 is 2.27 bits per heavy atom. The summed E-state index contributed by atoms with van der Waals surface area (Å²) in [6.07, 6.45) is 0. The average molecular weight is 377 g/mol. The number of hydrogen-bond acceptors (Lipinski definition) is 5. The van der Waals surface area contributed by atoms with Crippen LogP contribution in [0.2, 0.25) is 0 Å². The molecule has 7 nitrogen and oxygen atoms in total. The van der Waals surface area contributed by atoms with Gasteiger partial charge in [-0.25, -0.2) is 8.42 Å². The molecule has 8 heteroatoms. The third-order valence-corrected chi connectivity index (χ3v) is 6.00. The monoisotopic (exact) mass is 377 g/mol. The summed E-state index contributed by atoms with van der Waals surface area (Å²) in [4.78, 5) is 12.6. The Morgan fingerprint density at radius 2 is 1.73 bits per heavy atom. The number of hydrogen-bond donors (Lipinski definition) is 2. The van der Waals surface area contributed by atoms with Gasteiger partial charge in [0.25, 0.3) is 5.91 Å². The molecule has 0 saturated heterocycles. The van der Waals surface area contributed by atoms with Crippen LogP contribution in [0.4, 0.5) is 11.4 Å². The van der Waals surface area contributed by atoms with E-state index in [9.17, 15) is 13.2 Å². The van der Waals surface area contributed by atoms with Crippen molar-refractivity contribution in [2.75, 3.05) is 31.2 Å². The first-order valence-electron chi connectivity index (χ1n) is 8.18. The van der Waals surface area contributed by atoms with Gasteiger partial charge in [-0.05, 0) is 36.4 Å². The fourth-order valence-electron chi connectivity index (χ4n) is 2.50. The van der Waals surface area contributed by atoms with Crippen molar-refractivity contribution < 1.29 is 17.9 Å². The predicted molar refractivity (Wildman–Crippen MR) is 102 cm³/mol. The molecular formula is C18H23N3O4S. The van der Waals surface area contributed by atoms with Gasteiger partial charge in [0.15, 0.2) is 0 Å². The van der Waals surface area contributed by atoms with Crippen LogP contribution in [-0.4, -0.2) is 38.8 Å². The predicted octanol–water partition coefficient (Wildman–Crippen LogP) is 2.56. The Bertz CT molecular complexity index is 876. The van der Waals surface area contributed by atoms with Crippen LogP contribution in [0, 0.1) is 0 Å². The average Bonchev–Trinajstić information content (AvgIpc) is 2.64. The normalized spacial score (nSPS) is 11.4. The van der Waals surface area contributed by atoms with Crippen LogP contribution in [0.25, 0.3) is 0 Å². The molecule has 140 valence electrons. The SMILES string of the molecule is CCN(CC)S(=O)(=O)c1ccc(C(=O)Nc2ccc(N)cc2OC)cc1. The summed E-state index contributed by atoms with van der Waals surface area (Å²) in [5.74, 6) is 0.0685. The maximum Gasteiger partial charge on any atom is 0.255 e. The third-order valence-electron chi connectivity index (χ3n) is 3.93. The molecule has 0 aromatic heterocycles.